The van der Waals surface area contributed by atoms with Gasteiger partial charge in [-0.2, -0.15) is 0 Å². The molecule has 0 saturated heterocycles. The van der Waals surface area contributed by atoms with E-state index in [0.29, 0.717) is 11.5 Å². The normalized spacial score (nSPS) is 10.7. The van der Waals surface area contributed by atoms with Crippen LogP contribution in [-0.2, 0) is 11.3 Å². The van der Waals surface area contributed by atoms with Crippen LogP contribution in [0.1, 0.15) is 40.1 Å². The second-order valence-electron chi connectivity index (χ2n) is 3.38. The SMILES string of the molecule is COCc1nc(C(C)C)c(C(=O)NN)s1. The summed E-state index contributed by atoms with van der Waals surface area (Å²) in [7, 11) is 1.60. The number of ether oxygens (including phenoxy) is 1. The smallest absolute Gasteiger partial charge is 0.277 e. The van der Waals surface area contributed by atoms with Crippen molar-refractivity contribution in [2.75, 3.05) is 7.11 Å². The molecule has 1 heterocycles. The zero-order valence-corrected chi connectivity index (χ0v) is 9.85. The molecule has 5 nitrogen and oxygen atoms in total. The molecule has 1 aromatic rings. The topological polar surface area (TPSA) is 77.2 Å². The van der Waals surface area contributed by atoms with Crippen LogP contribution >= 0.6 is 11.3 Å². The summed E-state index contributed by atoms with van der Waals surface area (Å²) in [5, 5.41) is 0.791. The van der Waals surface area contributed by atoms with E-state index in [2.05, 4.69) is 10.4 Å². The van der Waals surface area contributed by atoms with E-state index in [1.807, 2.05) is 13.8 Å². The lowest BCUT2D eigenvalue weighted by molar-refractivity contribution is 0.0956. The molecule has 0 unspecified atom stereocenters. The number of carbonyl (C=O) groups excluding carboxylic acids is 1. The third kappa shape index (κ3) is 2.74. The van der Waals surface area contributed by atoms with Gasteiger partial charge in [0.25, 0.3) is 5.91 Å². The highest BCUT2D eigenvalue weighted by Crippen LogP contribution is 2.25. The van der Waals surface area contributed by atoms with Gasteiger partial charge in [0.1, 0.15) is 9.88 Å². The van der Waals surface area contributed by atoms with Gasteiger partial charge in [0.2, 0.25) is 0 Å². The number of hydrogen-bond acceptors (Lipinski definition) is 5. The number of rotatable bonds is 4. The van der Waals surface area contributed by atoms with E-state index >= 15 is 0 Å². The first-order valence-corrected chi connectivity index (χ1v) is 5.41. The van der Waals surface area contributed by atoms with Gasteiger partial charge in [-0.1, -0.05) is 13.8 Å². The average molecular weight is 229 g/mol. The van der Waals surface area contributed by atoms with Crippen LogP contribution in [0, 0.1) is 0 Å². The molecule has 0 aliphatic carbocycles. The zero-order chi connectivity index (χ0) is 11.4. The van der Waals surface area contributed by atoms with Crippen molar-refractivity contribution in [3.63, 3.8) is 0 Å². The average Bonchev–Trinajstić information content (AvgIpc) is 2.61. The monoisotopic (exact) mass is 229 g/mol. The number of thiazole rings is 1. The Labute approximate surface area is 92.6 Å². The molecular formula is C9H15N3O2S. The number of nitrogen functional groups attached to an aromatic ring is 1. The number of hydrazine groups is 1. The number of amides is 1. The molecule has 0 bridgehead atoms. The number of carbonyl (C=O) groups is 1. The van der Waals surface area contributed by atoms with Gasteiger partial charge < -0.3 is 4.74 Å². The van der Waals surface area contributed by atoms with Gasteiger partial charge in [0, 0.05) is 7.11 Å². The minimum Gasteiger partial charge on any atom is -0.378 e. The summed E-state index contributed by atoms with van der Waals surface area (Å²) in [5.74, 6) is 5.01. The maximum atomic E-state index is 11.4. The van der Waals surface area contributed by atoms with E-state index in [9.17, 15) is 4.79 Å². The molecule has 0 aliphatic rings. The third-order valence-electron chi connectivity index (χ3n) is 1.85. The first kappa shape index (κ1) is 12.1. The zero-order valence-electron chi connectivity index (χ0n) is 9.03. The van der Waals surface area contributed by atoms with Gasteiger partial charge in [0.15, 0.2) is 0 Å². The number of nitrogens with zero attached hydrogens (tertiary/aromatic N) is 1. The van der Waals surface area contributed by atoms with Crippen molar-refractivity contribution in [1.82, 2.24) is 10.4 Å². The molecule has 0 saturated carbocycles. The molecule has 0 spiro atoms. The number of methoxy groups -OCH3 is 1. The molecule has 1 rings (SSSR count). The minimum absolute atomic E-state index is 0.194. The van der Waals surface area contributed by atoms with Crippen molar-refractivity contribution in [1.29, 1.82) is 0 Å². The van der Waals surface area contributed by atoms with Gasteiger partial charge in [-0.05, 0) is 5.92 Å². The summed E-state index contributed by atoms with van der Waals surface area (Å²) < 4.78 is 4.97. The molecule has 0 aromatic carbocycles. The fourth-order valence-corrected chi connectivity index (χ4v) is 2.28. The Morgan fingerprint density at radius 2 is 2.33 bits per heavy atom. The maximum absolute atomic E-state index is 11.4. The molecule has 84 valence electrons. The fraction of sp³-hybridized carbons (Fsp3) is 0.556. The summed E-state index contributed by atoms with van der Waals surface area (Å²) in [5.41, 5.74) is 2.90. The predicted octanol–water partition coefficient (Wildman–Crippen LogP) is 1.02. The number of nitrogens with two attached hydrogens (primary N) is 1. The van der Waals surface area contributed by atoms with Crippen molar-refractivity contribution < 1.29 is 9.53 Å². The van der Waals surface area contributed by atoms with Crippen molar-refractivity contribution >= 4 is 17.2 Å². The summed E-state index contributed by atoms with van der Waals surface area (Å²) in [6, 6.07) is 0. The Hall–Kier alpha value is -0.980. The Morgan fingerprint density at radius 3 is 2.80 bits per heavy atom. The maximum Gasteiger partial charge on any atom is 0.277 e. The predicted molar refractivity (Wildman–Crippen MR) is 58.6 cm³/mol. The van der Waals surface area contributed by atoms with Crippen LogP contribution in [0.25, 0.3) is 0 Å². The standard InChI is InChI=1S/C9H15N3O2S/c1-5(2)7-8(9(13)12-10)15-6(11-7)4-14-3/h5H,4,10H2,1-3H3,(H,12,13). The molecule has 0 fully saturated rings. The van der Waals surface area contributed by atoms with Crippen LogP contribution in [-0.4, -0.2) is 18.0 Å². The van der Waals surface area contributed by atoms with Gasteiger partial charge in [0.05, 0.1) is 12.3 Å². The van der Waals surface area contributed by atoms with E-state index in [1.165, 1.54) is 11.3 Å². The van der Waals surface area contributed by atoms with E-state index in [0.717, 1.165) is 10.7 Å². The number of nitrogens with one attached hydrogen (secondary N) is 1. The lowest BCUT2D eigenvalue weighted by atomic mass is 10.1. The van der Waals surface area contributed by atoms with Crippen LogP contribution in [0.3, 0.4) is 0 Å². The molecule has 0 radical (unpaired) electrons. The Morgan fingerprint density at radius 1 is 1.67 bits per heavy atom. The first-order valence-electron chi connectivity index (χ1n) is 4.59. The summed E-state index contributed by atoms with van der Waals surface area (Å²) in [4.78, 5) is 16.4. The second kappa shape index (κ2) is 5.20. The van der Waals surface area contributed by atoms with Crippen LogP contribution in [0.5, 0.6) is 0 Å². The number of hydrogen-bond donors (Lipinski definition) is 2. The quantitative estimate of drug-likeness (QED) is 0.459. The van der Waals surface area contributed by atoms with Gasteiger partial charge in [-0.3, -0.25) is 10.2 Å². The molecule has 0 atom stereocenters. The largest absolute Gasteiger partial charge is 0.378 e. The van der Waals surface area contributed by atoms with E-state index in [-0.39, 0.29) is 11.8 Å². The molecule has 1 amide bonds. The Bertz CT molecular complexity index is 349. The molecular weight excluding hydrogens is 214 g/mol. The van der Waals surface area contributed by atoms with E-state index in [1.54, 1.807) is 7.11 Å². The second-order valence-corrected chi connectivity index (χ2v) is 4.47. The van der Waals surface area contributed by atoms with Gasteiger partial charge in [-0.25, -0.2) is 10.8 Å². The van der Waals surface area contributed by atoms with Crippen molar-refractivity contribution in [2.24, 2.45) is 5.84 Å². The van der Waals surface area contributed by atoms with Crippen LogP contribution in [0.4, 0.5) is 0 Å². The minimum atomic E-state index is -0.293. The van der Waals surface area contributed by atoms with Crippen LogP contribution in [0.2, 0.25) is 0 Å². The Balaban J connectivity index is 3.05. The first-order chi connectivity index (χ1) is 7.10. The molecule has 15 heavy (non-hydrogen) atoms. The van der Waals surface area contributed by atoms with Crippen molar-refractivity contribution in [3.8, 4) is 0 Å². The van der Waals surface area contributed by atoms with Gasteiger partial charge in [-0.15, -0.1) is 11.3 Å². The molecule has 0 aliphatic heterocycles. The lowest BCUT2D eigenvalue weighted by Crippen LogP contribution is -2.30. The number of aromatic nitrogens is 1. The highest BCUT2D eigenvalue weighted by molar-refractivity contribution is 7.13. The summed E-state index contributed by atoms with van der Waals surface area (Å²) >= 11 is 1.32. The van der Waals surface area contributed by atoms with Crippen molar-refractivity contribution in [2.45, 2.75) is 26.4 Å². The van der Waals surface area contributed by atoms with E-state index < -0.39 is 0 Å². The van der Waals surface area contributed by atoms with Crippen LogP contribution < -0.4 is 11.3 Å². The summed E-state index contributed by atoms with van der Waals surface area (Å²) in [6.45, 7) is 4.39. The highest BCUT2D eigenvalue weighted by atomic mass is 32.1. The van der Waals surface area contributed by atoms with Crippen LogP contribution in [0.15, 0.2) is 0 Å². The summed E-state index contributed by atoms with van der Waals surface area (Å²) in [6.07, 6.45) is 0. The lowest BCUT2D eigenvalue weighted by Gasteiger charge is -2.02. The third-order valence-corrected chi connectivity index (χ3v) is 2.89. The fourth-order valence-electron chi connectivity index (χ4n) is 1.18. The van der Waals surface area contributed by atoms with Crippen molar-refractivity contribution in [3.05, 3.63) is 15.6 Å². The molecule has 1 aromatic heterocycles. The van der Waals surface area contributed by atoms with E-state index in [4.69, 9.17) is 10.6 Å². The Kier molecular flexibility index (Phi) is 4.19. The van der Waals surface area contributed by atoms with Gasteiger partial charge >= 0.3 is 0 Å². The molecule has 6 heteroatoms. The highest BCUT2D eigenvalue weighted by Gasteiger charge is 2.19. The molecule has 3 N–H and O–H groups in total.